The molecule has 0 saturated heterocycles. The zero-order valence-electron chi connectivity index (χ0n) is 6.73. The first-order chi connectivity index (χ1) is 6.00. The van der Waals surface area contributed by atoms with Gasteiger partial charge in [0, 0.05) is 0 Å². The van der Waals surface area contributed by atoms with Crippen molar-refractivity contribution >= 4 is 0 Å². The molecule has 112 valence electrons. The number of rotatable bonds is 0. The van der Waals surface area contributed by atoms with E-state index in [0.717, 1.165) is 0 Å². The van der Waals surface area contributed by atoms with E-state index in [4.69, 9.17) is 42.9 Å². The molecule has 0 aromatic heterocycles. The van der Waals surface area contributed by atoms with Crippen molar-refractivity contribution in [1.82, 2.24) is 0 Å². The summed E-state index contributed by atoms with van der Waals surface area (Å²) in [5, 5.41) is 0. The molecule has 0 rings (SSSR count). The van der Waals surface area contributed by atoms with E-state index in [1.807, 2.05) is 0 Å². The van der Waals surface area contributed by atoms with Gasteiger partial charge in [-0.1, -0.05) is 0 Å². The van der Waals surface area contributed by atoms with Gasteiger partial charge in [0.15, 0.2) is 0 Å². The van der Waals surface area contributed by atoms with Gasteiger partial charge in [-0.05, 0) is 0 Å². The monoisotopic (exact) mass is 880 g/mol. The van der Waals surface area contributed by atoms with E-state index < -0.39 is 50.2 Å². The van der Waals surface area contributed by atoms with Gasteiger partial charge in [-0.2, -0.15) is 0 Å². The van der Waals surface area contributed by atoms with Crippen LogP contribution in [0, 0.1) is 0 Å². The Hall–Kier alpha value is 2.11. The molecular weight excluding hydrogens is 874 g/mol. The summed E-state index contributed by atoms with van der Waals surface area (Å²) >= 11 is -18.1. The van der Waals surface area contributed by atoms with Gasteiger partial charge in [0.1, 0.15) is 0 Å². The fraction of sp³-hybridized carbons (Fsp3) is 0. The molecule has 0 heterocycles. The standard InChI is InChI=1S/2Au.3Mo.12O/q2*+3;;;;;;;;;;6*-1. The average Bonchev–Trinajstić information content (AvgIpc) is 1.41. The average molecular weight is 874 g/mol. The Kier molecular flexibility index (Phi) is 24.3. The first-order valence-corrected chi connectivity index (χ1v) is 11.8. The van der Waals surface area contributed by atoms with Crippen LogP contribution in [-0.4, -0.2) is 0 Å². The van der Waals surface area contributed by atoms with Crippen molar-refractivity contribution in [2.24, 2.45) is 0 Å². The molecule has 17 heavy (non-hydrogen) atoms. The summed E-state index contributed by atoms with van der Waals surface area (Å²) < 4.78 is 104. The molecule has 0 atom stereocenters. The predicted octanol–water partition coefficient (Wildman–Crippen LogP) is -7.86. The molecule has 12 nitrogen and oxygen atoms in total. The van der Waals surface area contributed by atoms with Gasteiger partial charge < -0.3 is 0 Å². The Morgan fingerprint density at radius 2 is 0.412 bits per heavy atom. The van der Waals surface area contributed by atoms with Crippen molar-refractivity contribution in [3.8, 4) is 0 Å². The van der Waals surface area contributed by atoms with Crippen LogP contribution in [0.2, 0.25) is 0 Å². The van der Waals surface area contributed by atoms with Crippen molar-refractivity contribution < 1.29 is 138 Å². The van der Waals surface area contributed by atoms with Crippen LogP contribution in [0.1, 0.15) is 0 Å². The first kappa shape index (κ1) is 31.5. The molecule has 0 bridgehead atoms. The van der Waals surface area contributed by atoms with Gasteiger partial charge in [-0.25, -0.2) is 0 Å². The van der Waals surface area contributed by atoms with Gasteiger partial charge in [0.05, 0.1) is 0 Å². The van der Waals surface area contributed by atoms with Crippen LogP contribution >= 0.6 is 0 Å². The summed E-state index contributed by atoms with van der Waals surface area (Å²) in [6.07, 6.45) is 0. The van der Waals surface area contributed by atoms with Crippen LogP contribution in [0.25, 0.3) is 0 Å². The zero-order chi connectivity index (χ0) is 13.5. The molecule has 17 heteroatoms. The Labute approximate surface area is 136 Å². The molecular formula is Au2Mo3O12. The van der Waals surface area contributed by atoms with Crippen molar-refractivity contribution in [3.63, 3.8) is 0 Å². The molecule has 0 aliphatic carbocycles. The van der Waals surface area contributed by atoms with E-state index in [9.17, 15) is 0 Å². The second-order valence-corrected chi connectivity index (χ2v) is 7.25. The van der Waals surface area contributed by atoms with E-state index in [2.05, 4.69) is 0 Å². The van der Waals surface area contributed by atoms with Crippen molar-refractivity contribution in [1.29, 1.82) is 0 Å². The number of hydrogen-bond acceptors (Lipinski definition) is 12. The minimum atomic E-state index is -6.02. The SMILES string of the molecule is [Au+3].[Au+3].[O]=[Mo](=[O])([O-])[O-].[O]=[Mo](=[O])([O-])[O-].[O]=[Mo](=[O])([O-])[O-]. The second kappa shape index (κ2) is 13.1. The fourth-order valence-corrected chi connectivity index (χ4v) is 0. The molecule has 0 spiro atoms. The molecule has 0 aliphatic heterocycles. The Bertz CT molecular complexity index is 341. The van der Waals surface area contributed by atoms with Crippen LogP contribution in [0.4, 0.5) is 0 Å². The van der Waals surface area contributed by atoms with E-state index in [0.29, 0.717) is 0 Å². The molecule has 0 saturated carbocycles. The van der Waals surface area contributed by atoms with Crippen LogP contribution in [0.15, 0.2) is 0 Å². The molecule has 0 radical (unpaired) electrons. The molecule has 0 unspecified atom stereocenters. The second-order valence-electron chi connectivity index (χ2n) is 1.22. The van der Waals surface area contributed by atoms with Crippen LogP contribution in [0.5, 0.6) is 0 Å². The van der Waals surface area contributed by atoms with Gasteiger partial charge in [0.2, 0.25) is 0 Å². The normalized spacial score (nSPS) is 10.2. The molecule has 0 aromatic carbocycles. The van der Waals surface area contributed by atoms with Crippen LogP contribution in [-0.2, 0) is 115 Å². The van der Waals surface area contributed by atoms with E-state index in [-0.39, 0.29) is 44.8 Å². The summed E-state index contributed by atoms with van der Waals surface area (Å²) in [7, 11) is 0. The first-order valence-electron chi connectivity index (χ1n) is 2.00. The van der Waals surface area contributed by atoms with Gasteiger partial charge in [0.25, 0.3) is 0 Å². The topological polar surface area (TPSA) is 241 Å². The molecule has 0 fully saturated rings. The summed E-state index contributed by atoms with van der Waals surface area (Å²) in [4.78, 5) is 0. The van der Waals surface area contributed by atoms with E-state index >= 15 is 0 Å². The third-order valence-corrected chi connectivity index (χ3v) is 0. The maximum absolute atomic E-state index is 8.63. The summed E-state index contributed by atoms with van der Waals surface area (Å²) in [6.45, 7) is 0. The third-order valence-electron chi connectivity index (χ3n) is 0. The third kappa shape index (κ3) is 1060. The molecule has 0 N–H and O–H groups in total. The molecule has 0 aliphatic rings. The van der Waals surface area contributed by atoms with Crippen molar-refractivity contribution in [2.45, 2.75) is 0 Å². The zero-order valence-corrected chi connectivity index (χ0v) is 17.1. The number of hydrogen-bond donors (Lipinski definition) is 0. The summed E-state index contributed by atoms with van der Waals surface area (Å²) in [5.41, 5.74) is 0. The van der Waals surface area contributed by atoms with Crippen molar-refractivity contribution in [2.75, 3.05) is 0 Å². The quantitative estimate of drug-likeness (QED) is 0.206. The Morgan fingerprint density at radius 3 is 0.412 bits per heavy atom. The van der Waals surface area contributed by atoms with E-state index in [1.54, 1.807) is 0 Å². The Morgan fingerprint density at radius 1 is 0.412 bits per heavy atom. The van der Waals surface area contributed by atoms with Crippen LogP contribution in [0.3, 0.4) is 0 Å². The van der Waals surface area contributed by atoms with Crippen molar-refractivity contribution in [3.05, 3.63) is 0 Å². The molecule has 0 amide bonds. The molecule has 0 aromatic rings. The Balaban J connectivity index is -0.0000000400. The fourth-order valence-electron chi connectivity index (χ4n) is 0. The van der Waals surface area contributed by atoms with Crippen LogP contribution < -0.4 is 22.6 Å². The minimum absolute atomic E-state index is 0. The van der Waals surface area contributed by atoms with Gasteiger partial charge in [-0.15, -0.1) is 0 Å². The maximum atomic E-state index is 8.63. The summed E-state index contributed by atoms with van der Waals surface area (Å²) in [5.74, 6) is 0. The van der Waals surface area contributed by atoms with Gasteiger partial charge >= 0.3 is 138 Å². The predicted molar refractivity (Wildman–Crippen MR) is 4.12 cm³/mol. The van der Waals surface area contributed by atoms with Gasteiger partial charge in [-0.3, -0.25) is 0 Å². The van der Waals surface area contributed by atoms with E-state index in [1.165, 1.54) is 0 Å². The summed E-state index contributed by atoms with van der Waals surface area (Å²) in [6, 6.07) is 0.